The fraction of sp³-hybridized carbons (Fsp3) is 0.436. The maximum Gasteiger partial charge on any atom is 0.407 e. The number of hydrogen-bond acceptors (Lipinski definition) is 6. The van der Waals surface area contributed by atoms with Crippen LogP contribution in [0, 0.1) is 30.0 Å². The molecular formula is C39H47FN2O7. The van der Waals surface area contributed by atoms with Crippen LogP contribution in [0.1, 0.15) is 78.8 Å². The Kier molecular flexibility index (Phi) is 11.2. The van der Waals surface area contributed by atoms with Gasteiger partial charge in [0.05, 0.1) is 14.2 Å². The van der Waals surface area contributed by atoms with Gasteiger partial charge in [-0.15, -0.1) is 0 Å². The predicted octanol–water partition coefficient (Wildman–Crippen LogP) is 7.27. The number of likely N-dealkylation sites (tertiary alicyclic amines) is 1. The number of amides is 2. The Balaban J connectivity index is 1.85. The van der Waals surface area contributed by atoms with Gasteiger partial charge in [-0.3, -0.25) is 14.4 Å². The molecule has 0 saturated carbocycles. The number of halogens is 1. The molecule has 1 saturated heterocycles. The lowest BCUT2D eigenvalue weighted by Gasteiger charge is -2.46. The van der Waals surface area contributed by atoms with E-state index in [9.17, 15) is 24.3 Å². The third-order valence-corrected chi connectivity index (χ3v) is 9.62. The minimum Gasteiger partial charge on any atom is -0.497 e. The summed E-state index contributed by atoms with van der Waals surface area (Å²) in [5.74, 6) is -3.07. The molecule has 0 unspecified atom stereocenters. The number of ketones is 2. The van der Waals surface area contributed by atoms with Crippen LogP contribution in [0.25, 0.3) is 0 Å². The summed E-state index contributed by atoms with van der Waals surface area (Å²) in [6, 6.07) is 18.1. The number of carbonyl (C=O) groups is 4. The molecule has 0 aromatic heterocycles. The first kappa shape index (κ1) is 37.1. The molecule has 2 amide bonds. The summed E-state index contributed by atoms with van der Waals surface area (Å²) >= 11 is 0. The normalized spacial score (nSPS) is 17.0. The van der Waals surface area contributed by atoms with Gasteiger partial charge in [-0.05, 0) is 75.6 Å². The summed E-state index contributed by atoms with van der Waals surface area (Å²) in [5.41, 5.74) is -0.201. The SMILES string of the molecule is COc1cccc(C(=O)[C@H]2CN(C(=O)C(C)(C)CCN(C(=O)O)C(C)(C)C)C[C@H](C(=O)c3cccc(OC)c3)C2c2cccc(F)c2C)c1. The molecule has 4 rings (SSSR count). The molecular weight excluding hydrogens is 627 g/mol. The summed E-state index contributed by atoms with van der Waals surface area (Å²) in [7, 11) is 3.00. The summed E-state index contributed by atoms with van der Waals surface area (Å²) < 4.78 is 26.0. The van der Waals surface area contributed by atoms with Gasteiger partial charge in [0.15, 0.2) is 11.6 Å². The number of hydrogen-bond donors (Lipinski definition) is 1. The summed E-state index contributed by atoms with van der Waals surface area (Å²) in [5, 5.41) is 9.87. The molecule has 1 aliphatic rings. The van der Waals surface area contributed by atoms with Gasteiger partial charge in [0.25, 0.3) is 0 Å². The van der Waals surface area contributed by atoms with Gasteiger partial charge < -0.3 is 24.4 Å². The van der Waals surface area contributed by atoms with Crippen LogP contribution in [-0.4, -0.2) is 77.9 Å². The van der Waals surface area contributed by atoms with E-state index in [1.54, 1.807) is 107 Å². The van der Waals surface area contributed by atoms with E-state index in [1.807, 2.05) is 0 Å². The summed E-state index contributed by atoms with van der Waals surface area (Å²) in [6.07, 6.45) is -0.878. The lowest BCUT2D eigenvalue weighted by Crippen LogP contribution is -2.55. The van der Waals surface area contributed by atoms with Gasteiger partial charge in [-0.2, -0.15) is 0 Å². The topological polar surface area (TPSA) is 113 Å². The molecule has 49 heavy (non-hydrogen) atoms. The average molecular weight is 675 g/mol. The second-order valence-electron chi connectivity index (χ2n) is 14.3. The van der Waals surface area contributed by atoms with E-state index >= 15 is 4.39 Å². The van der Waals surface area contributed by atoms with Crippen molar-refractivity contribution < 1.29 is 38.1 Å². The van der Waals surface area contributed by atoms with Gasteiger partial charge in [-0.25, -0.2) is 9.18 Å². The Bertz CT molecular complexity index is 1640. The van der Waals surface area contributed by atoms with Crippen molar-refractivity contribution in [1.82, 2.24) is 9.80 Å². The van der Waals surface area contributed by atoms with Crippen molar-refractivity contribution in [3.8, 4) is 11.5 Å². The number of carboxylic acid groups (broad SMARTS) is 1. The van der Waals surface area contributed by atoms with Crippen molar-refractivity contribution >= 4 is 23.6 Å². The van der Waals surface area contributed by atoms with Crippen molar-refractivity contribution in [2.45, 2.75) is 59.4 Å². The second kappa shape index (κ2) is 14.8. The third kappa shape index (κ3) is 8.12. The highest BCUT2D eigenvalue weighted by Crippen LogP contribution is 2.44. The van der Waals surface area contributed by atoms with Crippen molar-refractivity contribution in [1.29, 1.82) is 0 Å². The number of ether oxygens (including phenoxy) is 2. The van der Waals surface area contributed by atoms with Gasteiger partial charge in [0.2, 0.25) is 5.91 Å². The number of carbonyl (C=O) groups excluding carboxylic acids is 3. The largest absolute Gasteiger partial charge is 0.497 e. The lowest BCUT2D eigenvalue weighted by atomic mass is 9.67. The zero-order valence-electron chi connectivity index (χ0n) is 29.6. The molecule has 1 aliphatic heterocycles. The third-order valence-electron chi connectivity index (χ3n) is 9.62. The molecule has 10 heteroatoms. The van der Waals surface area contributed by atoms with Gasteiger partial charge in [-0.1, -0.05) is 50.2 Å². The summed E-state index contributed by atoms with van der Waals surface area (Å²) in [6.45, 7) is 10.6. The van der Waals surface area contributed by atoms with Crippen LogP contribution in [0.15, 0.2) is 66.7 Å². The maximum absolute atomic E-state index is 15.2. The van der Waals surface area contributed by atoms with Crippen LogP contribution >= 0.6 is 0 Å². The molecule has 2 atom stereocenters. The average Bonchev–Trinajstić information content (AvgIpc) is 3.07. The van der Waals surface area contributed by atoms with Gasteiger partial charge in [0.1, 0.15) is 17.3 Å². The van der Waals surface area contributed by atoms with Gasteiger partial charge >= 0.3 is 6.09 Å². The Hall–Kier alpha value is -4.73. The fourth-order valence-electron chi connectivity index (χ4n) is 6.76. The monoisotopic (exact) mass is 674 g/mol. The van der Waals surface area contributed by atoms with E-state index in [0.717, 1.165) is 0 Å². The quantitative estimate of drug-likeness (QED) is 0.213. The molecule has 9 nitrogen and oxygen atoms in total. The number of piperidine rings is 1. The second-order valence-corrected chi connectivity index (χ2v) is 14.3. The van der Waals surface area contributed by atoms with Crippen LogP contribution < -0.4 is 9.47 Å². The zero-order valence-corrected chi connectivity index (χ0v) is 29.6. The molecule has 262 valence electrons. The van der Waals surface area contributed by atoms with E-state index in [2.05, 4.69) is 0 Å². The van der Waals surface area contributed by atoms with E-state index in [1.165, 1.54) is 25.2 Å². The first-order valence-corrected chi connectivity index (χ1v) is 16.4. The number of nitrogens with zero attached hydrogens (tertiary/aromatic N) is 2. The standard InChI is InChI=1S/C39H47FN2O7/c1-24-29(16-11-17-32(24)40)33-30(34(43)25-12-9-14-27(20-25)48-7)22-41(23-31(33)35(44)26-13-10-15-28(21-26)49-8)36(45)39(5,6)18-19-42(37(46)47)38(2,3)4/h9-17,20-21,30-31,33H,18-19,22-23H2,1-8H3,(H,46,47)/t30-,31-/m0/s1. The molecule has 0 aliphatic carbocycles. The highest BCUT2D eigenvalue weighted by molar-refractivity contribution is 6.03. The number of benzene rings is 3. The minimum atomic E-state index is -1.09. The van der Waals surface area contributed by atoms with Crippen LogP contribution in [0.2, 0.25) is 0 Å². The fourth-order valence-corrected chi connectivity index (χ4v) is 6.76. The molecule has 3 aromatic rings. The van der Waals surface area contributed by atoms with Crippen LogP contribution in [0.4, 0.5) is 9.18 Å². The minimum absolute atomic E-state index is 0.0251. The van der Waals surface area contributed by atoms with Crippen LogP contribution in [0.5, 0.6) is 11.5 Å². The molecule has 0 radical (unpaired) electrons. The highest BCUT2D eigenvalue weighted by atomic mass is 19.1. The van der Waals surface area contributed by atoms with E-state index < -0.39 is 40.6 Å². The summed E-state index contributed by atoms with van der Waals surface area (Å²) in [4.78, 5) is 58.5. The van der Waals surface area contributed by atoms with Gasteiger partial charge in [0, 0.05) is 59.5 Å². The lowest BCUT2D eigenvalue weighted by molar-refractivity contribution is -0.143. The number of rotatable bonds is 11. The van der Waals surface area contributed by atoms with Crippen LogP contribution in [-0.2, 0) is 4.79 Å². The van der Waals surface area contributed by atoms with Crippen molar-refractivity contribution in [2.75, 3.05) is 33.9 Å². The Morgan fingerprint density at radius 2 is 1.33 bits per heavy atom. The molecule has 1 fully saturated rings. The van der Waals surface area contributed by atoms with Crippen molar-refractivity contribution in [3.05, 3.63) is 94.8 Å². The van der Waals surface area contributed by atoms with Crippen LogP contribution in [0.3, 0.4) is 0 Å². The first-order chi connectivity index (χ1) is 23.0. The molecule has 3 aromatic carbocycles. The smallest absolute Gasteiger partial charge is 0.407 e. The first-order valence-electron chi connectivity index (χ1n) is 16.4. The van der Waals surface area contributed by atoms with E-state index in [0.29, 0.717) is 33.8 Å². The Morgan fingerprint density at radius 3 is 1.78 bits per heavy atom. The van der Waals surface area contributed by atoms with E-state index in [4.69, 9.17) is 9.47 Å². The molecule has 0 spiro atoms. The number of methoxy groups -OCH3 is 2. The maximum atomic E-state index is 15.2. The Labute approximate surface area is 288 Å². The molecule has 1 heterocycles. The molecule has 0 bridgehead atoms. The zero-order chi connectivity index (χ0) is 36.3. The number of Topliss-reactive ketones (excluding diaryl/α,β-unsaturated/α-hetero) is 2. The van der Waals surface area contributed by atoms with Crippen molar-refractivity contribution in [2.24, 2.45) is 17.3 Å². The Morgan fingerprint density at radius 1 is 0.837 bits per heavy atom. The predicted molar refractivity (Wildman–Crippen MR) is 185 cm³/mol. The van der Waals surface area contributed by atoms with Crippen molar-refractivity contribution in [3.63, 3.8) is 0 Å². The molecule has 1 N–H and O–H groups in total. The highest BCUT2D eigenvalue weighted by Gasteiger charge is 2.48. The van der Waals surface area contributed by atoms with E-state index in [-0.39, 0.29) is 43.5 Å².